The highest BCUT2D eigenvalue weighted by Crippen LogP contribution is 2.20. The first kappa shape index (κ1) is 15.3. The van der Waals surface area contributed by atoms with Crippen molar-refractivity contribution in [3.63, 3.8) is 0 Å². The molecule has 0 aliphatic carbocycles. The van der Waals surface area contributed by atoms with Gasteiger partial charge in [-0.05, 0) is 43.7 Å². The maximum atomic E-state index is 12.3. The van der Waals surface area contributed by atoms with Gasteiger partial charge in [0.25, 0.3) is 0 Å². The van der Waals surface area contributed by atoms with Crippen molar-refractivity contribution < 1.29 is 9.53 Å². The number of amides is 1. The van der Waals surface area contributed by atoms with Gasteiger partial charge in [-0.15, -0.1) is 0 Å². The highest BCUT2D eigenvalue weighted by Gasteiger charge is 2.25. The Kier molecular flexibility index (Phi) is 5.59. The van der Waals surface area contributed by atoms with E-state index in [1.807, 2.05) is 24.3 Å². The molecule has 2 rings (SSSR count). The Labute approximate surface area is 125 Å². The summed E-state index contributed by atoms with van der Waals surface area (Å²) in [5.74, 6) is 0.828. The third-order valence-electron chi connectivity index (χ3n) is 3.77. The minimum Gasteiger partial charge on any atom is -0.497 e. The molecule has 1 heterocycles. The number of nitrogens with zero attached hydrogens (tertiary/aromatic N) is 2. The van der Waals surface area contributed by atoms with E-state index in [1.54, 1.807) is 7.11 Å². The molecule has 21 heavy (non-hydrogen) atoms. The van der Waals surface area contributed by atoms with Crippen LogP contribution in [0.25, 0.3) is 0 Å². The van der Waals surface area contributed by atoms with E-state index in [0.717, 1.165) is 43.9 Å². The molecule has 0 saturated carbocycles. The number of carbonyl (C=O) groups excluding carboxylic acids is 1. The molecular formula is C16H21N3O2. The van der Waals surface area contributed by atoms with Gasteiger partial charge in [-0.25, -0.2) is 0 Å². The fourth-order valence-electron chi connectivity index (χ4n) is 2.60. The number of nitrogens with one attached hydrogen (secondary N) is 1. The number of likely N-dealkylation sites (tertiary alicyclic amines) is 1. The Hall–Kier alpha value is -2.06. The third kappa shape index (κ3) is 4.47. The number of piperidine rings is 1. The number of methoxy groups -OCH3 is 1. The first-order valence-electron chi connectivity index (χ1n) is 7.27. The van der Waals surface area contributed by atoms with Gasteiger partial charge in [0.1, 0.15) is 5.75 Å². The predicted molar refractivity (Wildman–Crippen MR) is 81.0 cm³/mol. The van der Waals surface area contributed by atoms with E-state index in [-0.39, 0.29) is 11.8 Å². The van der Waals surface area contributed by atoms with Gasteiger partial charge in [0.2, 0.25) is 5.91 Å². The van der Waals surface area contributed by atoms with Crippen LogP contribution in [0.2, 0.25) is 0 Å². The van der Waals surface area contributed by atoms with Gasteiger partial charge in [-0.1, -0.05) is 0 Å². The van der Waals surface area contributed by atoms with E-state index >= 15 is 0 Å². The molecule has 1 saturated heterocycles. The maximum Gasteiger partial charge on any atom is 0.228 e. The zero-order valence-corrected chi connectivity index (χ0v) is 12.3. The summed E-state index contributed by atoms with van der Waals surface area (Å²) < 4.78 is 5.10. The second kappa shape index (κ2) is 7.65. The Morgan fingerprint density at radius 1 is 1.48 bits per heavy atom. The van der Waals surface area contributed by atoms with Gasteiger partial charge in [-0.3, -0.25) is 4.79 Å². The molecule has 1 N–H and O–H groups in total. The molecule has 5 heteroatoms. The van der Waals surface area contributed by atoms with Crippen LogP contribution in [0.4, 0.5) is 5.69 Å². The lowest BCUT2D eigenvalue weighted by Gasteiger charge is -2.31. The van der Waals surface area contributed by atoms with E-state index in [2.05, 4.69) is 16.3 Å². The van der Waals surface area contributed by atoms with Gasteiger partial charge in [-0.2, -0.15) is 5.26 Å². The molecule has 1 aliphatic heterocycles. The van der Waals surface area contributed by atoms with Crippen LogP contribution >= 0.6 is 0 Å². The van der Waals surface area contributed by atoms with Gasteiger partial charge in [0.15, 0.2) is 0 Å². The fraction of sp³-hybridized carbons (Fsp3) is 0.500. The van der Waals surface area contributed by atoms with Crippen LogP contribution in [0.15, 0.2) is 24.3 Å². The first-order chi connectivity index (χ1) is 10.2. The topological polar surface area (TPSA) is 65.4 Å². The summed E-state index contributed by atoms with van der Waals surface area (Å²) in [4.78, 5) is 14.5. The summed E-state index contributed by atoms with van der Waals surface area (Å²) in [6.07, 6.45) is 2.43. The molecule has 5 nitrogen and oxygen atoms in total. The highest BCUT2D eigenvalue weighted by molar-refractivity contribution is 5.92. The molecule has 1 amide bonds. The number of benzene rings is 1. The lowest BCUT2D eigenvalue weighted by molar-refractivity contribution is -0.121. The summed E-state index contributed by atoms with van der Waals surface area (Å²) >= 11 is 0. The van der Waals surface area contributed by atoms with Gasteiger partial charge >= 0.3 is 0 Å². The molecule has 1 atom stereocenters. The summed E-state index contributed by atoms with van der Waals surface area (Å²) in [5.41, 5.74) is 0.787. The average Bonchev–Trinajstić information content (AvgIpc) is 2.54. The Morgan fingerprint density at radius 3 is 2.90 bits per heavy atom. The maximum absolute atomic E-state index is 12.3. The Morgan fingerprint density at radius 2 is 2.24 bits per heavy atom. The van der Waals surface area contributed by atoms with Crippen LogP contribution in [-0.4, -0.2) is 37.6 Å². The van der Waals surface area contributed by atoms with Crippen molar-refractivity contribution >= 4 is 11.6 Å². The first-order valence-corrected chi connectivity index (χ1v) is 7.27. The van der Waals surface area contributed by atoms with E-state index in [9.17, 15) is 4.79 Å². The second-order valence-electron chi connectivity index (χ2n) is 5.27. The summed E-state index contributed by atoms with van der Waals surface area (Å²) in [6, 6.07) is 9.49. The SMILES string of the molecule is COc1ccc(NC(=O)C2CCCN(CCC#N)C2)cc1. The van der Waals surface area contributed by atoms with E-state index in [0.29, 0.717) is 6.42 Å². The smallest absolute Gasteiger partial charge is 0.228 e. The van der Waals surface area contributed by atoms with E-state index in [4.69, 9.17) is 10.00 Å². The predicted octanol–water partition coefficient (Wildman–Crippen LogP) is 2.26. The molecule has 1 aliphatic rings. The minimum atomic E-state index is -0.000422. The van der Waals surface area contributed by atoms with E-state index in [1.165, 1.54) is 0 Å². The van der Waals surface area contributed by atoms with Crippen molar-refractivity contribution in [3.05, 3.63) is 24.3 Å². The highest BCUT2D eigenvalue weighted by atomic mass is 16.5. The molecule has 112 valence electrons. The van der Waals surface area contributed by atoms with Crippen LogP contribution < -0.4 is 10.1 Å². The number of hydrogen-bond acceptors (Lipinski definition) is 4. The number of carbonyl (C=O) groups is 1. The molecule has 1 unspecified atom stereocenters. The molecule has 1 aromatic carbocycles. The second-order valence-corrected chi connectivity index (χ2v) is 5.27. The van der Waals surface area contributed by atoms with Crippen molar-refractivity contribution in [3.8, 4) is 11.8 Å². The molecule has 1 fully saturated rings. The van der Waals surface area contributed by atoms with Crippen LogP contribution in [0.1, 0.15) is 19.3 Å². The van der Waals surface area contributed by atoms with Crippen molar-refractivity contribution in [1.29, 1.82) is 5.26 Å². The fourth-order valence-corrected chi connectivity index (χ4v) is 2.60. The monoisotopic (exact) mass is 287 g/mol. The van der Waals surface area contributed by atoms with Crippen LogP contribution in [-0.2, 0) is 4.79 Å². The molecule has 0 radical (unpaired) electrons. The summed E-state index contributed by atoms with van der Waals surface area (Å²) in [7, 11) is 1.62. The van der Waals surface area contributed by atoms with Gasteiger partial charge < -0.3 is 15.0 Å². The zero-order valence-electron chi connectivity index (χ0n) is 12.3. The number of rotatable bonds is 5. The number of nitriles is 1. The Bertz CT molecular complexity index is 507. The lowest BCUT2D eigenvalue weighted by Crippen LogP contribution is -2.41. The lowest BCUT2D eigenvalue weighted by atomic mass is 9.97. The number of ether oxygens (including phenoxy) is 1. The standard InChI is InChI=1S/C16H21N3O2/c1-21-15-7-5-14(6-8-15)18-16(20)13-4-2-10-19(12-13)11-3-9-17/h5-8,13H,2-4,10-12H2,1H3,(H,18,20). The van der Waals surface area contributed by atoms with Gasteiger partial charge in [0.05, 0.1) is 19.1 Å². The van der Waals surface area contributed by atoms with Gasteiger partial charge in [0, 0.05) is 25.2 Å². The molecular weight excluding hydrogens is 266 g/mol. The summed E-state index contributed by atoms with van der Waals surface area (Å²) in [6.45, 7) is 2.47. The molecule has 1 aromatic rings. The summed E-state index contributed by atoms with van der Waals surface area (Å²) in [5, 5.41) is 11.6. The van der Waals surface area contributed by atoms with Crippen molar-refractivity contribution in [2.24, 2.45) is 5.92 Å². The van der Waals surface area contributed by atoms with Crippen molar-refractivity contribution in [2.45, 2.75) is 19.3 Å². The normalized spacial score (nSPS) is 18.8. The average molecular weight is 287 g/mol. The Balaban J connectivity index is 1.88. The number of anilines is 1. The molecule has 0 spiro atoms. The quantitative estimate of drug-likeness (QED) is 0.902. The van der Waals surface area contributed by atoms with Crippen LogP contribution in [0.3, 0.4) is 0 Å². The largest absolute Gasteiger partial charge is 0.497 e. The molecule has 0 aromatic heterocycles. The third-order valence-corrected chi connectivity index (χ3v) is 3.77. The minimum absolute atomic E-state index is 0.000422. The van der Waals surface area contributed by atoms with Crippen LogP contribution in [0, 0.1) is 17.2 Å². The van der Waals surface area contributed by atoms with Crippen LogP contribution in [0.5, 0.6) is 5.75 Å². The molecule has 0 bridgehead atoms. The van der Waals surface area contributed by atoms with Crippen molar-refractivity contribution in [2.75, 3.05) is 32.1 Å². The number of hydrogen-bond donors (Lipinski definition) is 1. The zero-order chi connectivity index (χ0) is 15.1. The van der Waals surface area contributed by atoms with Crippen molar-refractivity contribution in [1.82, 2.24) is 4.90 Å². The van der Waals surface area contributed by atoms with E-state index < -0.39 is 0 Å².